The van der Waals surface area contributed by atoms with E-state index < -0.39 is 17.2 Å². The van der Waals surface area contributed by atoms with Gasteiger partial charge >= 0.3 is 5.97 Å². The van der Waals surface area contributed by atoms with Crippen molar-refractivity contribution in [3.05, 3.63) is 44.5 Å². The molecule has 0 amide bonds. The summed E-state index contributed by atoms with van der Waals surface area (Å²) in [5, 5.41) is 10.4. The van der Waals surface area contributed by atoms with Gasteiger partial charge < -0.3 is 24.0 Å². The summed E-state index contributed by atoms with van der Waals surface area (Å²) in [6.07, 6.45) is 4.52. The van der Waals surface area contributed by atoms with E-state index in [-0.39, 0.29) is 22.7 Å². The quantitative estimate of drug-likeness (QED) is 0.642. The fourth-order valence-electron chi connectivity index (χ4n) is 5.06. The number of carboxylic acid groups (broad SMARTS) is 1. The third kappa shape index (κ3) is 4.64. The molecule has 1 aliphatic carbocycles. The Morgan fingerprint density at radius 2 is 1.91 bits per heavy atom. The maximum absolute atomic E-state index is 15.5. The number of carboxylic acids is 1. The molecule has 2 saturated heterocycles. The van der Waals surface area contributed by atoms with Gasteiger partial charge in [-0.2, -0.15) is 0 Å². The summed E-state index contributed by atoms with van der Waals surface area (Å²) >= 11 is 6.67. The Balaban J connectivity index is 1.48. The molecule has 10 heteroatoms. The first-order valence-corrected chi connectivity index (χ1v) is 12.4. The van der Waals surface area contributed by atoms with E-state index in [1.54, 1.807) is 4.57 Å². The third-order valence-electron chi connectivity index (χ3n) is 7.11. The number of fused-ring (bicyclic) bond motifs is 1. The van der Waals surface area contributed by atoms with Gasteiger partial charge in [-0.3, -0.25) is 9.69 Å². The number of pyridine rings is 1. The van der Waals surface area contributed by atoms with Crippen molar-refractivity contribution in [3.63, 3.8) is 0 Å². The van der Waals surface area contributed by atoms with E-state index in [9.17, 15) is 14.7 Å². The molecule has 0 radical (unpaired) electrons. The number of benzene rings is 1. The van der Waals surface area contributed by atoms with Gasteiger partial charge in [0.1, 0.15) is 11.3 Å². The molecule has 0 spiro atoms. The molecule has 0 unspecified atom stereocenters. The number of piperidine rings is 1. The topological polar surface area (TPSA) is 84.2 Å². The van der Waals surface area contributed by atoms with Gasteiger partial charge in [0.25, 0.3) is 0 Å². The van der Waals surface area contributed by atoms with Crippen LogP contribution in [0.15, 0.2) is 27.7 Å². The third-order valence-corrected chi connectivity index (χ3v) is 7.49. The van der Waals surface area contributed by atoms with E-state index in [2.05, 4.69) is 4.90 Å². The second-order valence-corrected chi connectivity index (χ2v) is 9.79. The molecule has 2 aliphatic heterocycles. The lowest BCUT2D eigenvalue weighted by Gasteiger charge is -2.33. The van der Waals surface area contributed by atoms with Gasteiger partial charge in [-0.25, -0.2) is 9.18 Å². The van der Waals surface area contributed by atoms with Crippen molar-refractivity contribution in [2.24, 2.45) is 0 Å². The first-order valence-electron chi connectivity index (χ1n) is 12.0. The van der Waals surface area contributed by atoms with Crippen molar-refractivity contribution < 1.29 is 23.8 Å². The van der Waals surface area contributed by atoms with Crippen LogP contribution in [-0.4, -0.2) is 73.6 Å². The molecule has 35 heavy (non-hydrogen) atoms. The number of methoxy groups -OCH3 is 1. The minimum atomic E-state index is -1.32. The first kappa shape index (κ1) is 24.1. The zero-order valence-corrected chi connectivity index (χ0v) is 20.4. The number of hydrogen-bond donors (Lipinski definition) is 1. The maximum atomic E-state index is 15.5. The van der Waals surface area contributed by atoms with Crippen LogP contribution in [-0.2, 0) is 4.74 Å². The van der Waals surface area contributed by atoms with Gasteiger partial charge in [0.2, 0.25) is 5.43 Å². The molecule has 1 saturated carbocycles. The smallest absolute Gasteiger partial charge is 0.341 e. The molecular formula is C25H29ClFN3O5. The highest BCUT2D eigenvalue weighted by atomic mass is 35.5. The molecule has 0 atom stereocenters. The van der Waals surface area contributed by atoms with Crippen LogP contribution < -0.4 is 15.1 Å². The molecule has 3 heterocycles. The lowest BCUT2D eigenvalue weighted by molar-refractivity contribution is 0.0428. The van der Waals surface area contributed by atoms with Crippen molar-refractivity contribution in [1.29, 1.82) is 0 Å². The number of nitrogens with zero attached hydrogens (tertiary/aromatic N) is 3. The Morgan fingerprint density at radius 3 is 2.51 bits per heavy atom. The number of anilines is 1. The van der Waals surface area contributed by atoms with Crippen molar-refractivity contribution in [2.75, 3.05) is 57.9 Å². The first-order chi connectivity index (χ1) is 16.9. The van der Waals surface area contributed by atoms with Crippen molar-refractivity contribution in [3.8, 4) is 5.75 Å². The Labute approximate surface area is 207 Å². The molecule has 188 valence electrons. The molecule has 3 fully saturated rings. The van der Waals surface area contributed by atoms with E-state index in [0.29, 0.717) is 56.9 Å². The minimum absolute atomic E-state index is 0.0287. The van der Waals surface area contributed by atoms with E-state index in [0.717, 1.165) is 37.0 Å². The van der Waals surface area contributed by atoms with Crippen LogP contribution >= 0.6 is 11.6 Å². The van der Waals surface area contributed by atoms with Crippen LogP contribution in [0.5, 0.6) is 5.75 Å². The molecule has 3 aliphatic rings. The van der Waals surface area contributed by atoms with Gasteiger partial charge in [-0.15, -0.1) is 0 Å². The monoisotopic (exact) mass is 505 g/mol. The van der Waals surface area contributed by atoms with Crippen molar-refractivity contribution >= 4 is 34.2 Å². The number of hydrogen-bond acceptors (Lipinski definition) is 6. The lowest BCUT2D eigenvalue weighted by Crippen LogP contribution is -2.37. The number of rotatable bonds is 6. The average molecular weight is 506 g/mol. The number of aromatic carboxylic acids is 1. The minimum Gasteiger partial charge on any atom is -0.492 e. The average Bonchev–Trinajstić information content (AvgIpc) is 3.70. The van der Waals surface area contributed by atoms with E-state index in [1.807, 2.05) is 4.90 Å². The number of ether oxygens (including phenoxy) is 2. The predicted octanol–water partition coefficient (Wildman–Crippen LogP) is 3.61. The van der Waals surface area contributed by atoms with E-state index in [1.165, 1.54) is 18.9 Å². The second-order valence-electron chi connectivity index (χ2n) is 9.34. The summed E-state index contributed by atoms with van der Waals surface area (Å²) in [6.45, 7) is 4.99. The maximum Gasteiger partial charge on any atom is 0.341 e. The van der Waals surface area contributed by atoms with Gasteiger partial charge in [-0.05, 0) is 31.7 Å². The number of carbonyl (C=O) groups is 1. The normalized spacial score (nSPS) is 19.3. The summed E-state index contributed by atoms with van der Waals surface area (Å²) in [4.78, 5) is 28.8. The Hall–Kier alpha value is -2.62. The molecule has 2 aromatic rings. The molecule has 5 rings (SSSR count). The van der Waals surface area contributed by atoms with E-state index >= 15 is 4.39 Å². The fraction of sp³-hybridized carbons (Fsp3) is 0.520. The summed E-state index contributed by atoms with van der Waals surface area (Å²) in [5.74, 6) is -1.64. The van der Waals surface area contributed by atoms with Crippen molar-refractivity contribution in [1.82, 2.24) is 9.47 Å². The van der Waals surface area contributed by atoms with Crippen LogP contribution in [0.25, 0.3) is 10.9 Å². The summed E-state index contributed by atoms with van der Waals surface area (Å²) in [6, 6.07) is 1.23. The van der Waals surface area contributed by atoms with Crippen LogP contribution in [0.2, 0.25) is 0 Å². The summed E-state index contributed by atoms with van der Waals surface area (Å²) in [7, 11) is 1.46. The van der Waals surface area contributed by atoms with Crippen LogP contribution in [0.4, 0.5) is 10.1 Å². The van der Waals surface area contributed by atoms with Crippen molar-refractivity contribution in [2.45, 2.75) is 31.7 Å². The number of aromatic nitrogens is 1. The zero-order valence-electron chi connectivity index (χ0n) is 19.7. The van der Waals surface area contributed by atoms with Gasteiger partial charge in [0, 0.05) is 50.0 Å². The Kier molecular flexibility index (Phi) is 6.74. The molecular weight excluding hydrogens is 477 g/mol. The highest BCUT2D eigenvalue weighted by molar-refractivity contribution is 6.30. The van der Waals surface area contributed by atoms with Gasteiger partial charge in [-0.1, -0.05) is 17.2 Å². The van der Waals surface area contributed by atoms with Crippen LogP contribution in [0.3, 0.4) is 0 Å². The molecule has 1 N–H and O–H groups in total. The highest BCUT2D eigenvalue weighted by Crippen LogP contribution is 2.44. The van der Waals surface area contributed by atoms with Crippen LogP contribution in [0, 0.1) is 5.82 Å². The lowest BCUT2D eigenvalue weighted by atomic mass is 10.0. The Bertz CT molecular complexity index is 1240. The van der Waals surface area contributed by atoms with Crippen LogP contribution in [0.1, 0.15) is 42.1 Å². The largest absolute Gasteiger partial charge is 0.492 e. The summed E-state index contributed by atoms with van der Waals surface area (Å²) in [5.41, 5.74) is 0.872. The molecule has 8 nitrogen and oxygen atoms in total. The molecule has 1 aromatic heterocycles. The predicted molar refractivity (Wildman–Crippen MR) is 132 cm³/mol. The fourth-order valence-corrected chi connectivity index (χ4v) is 5.42. The number of halogens is 2. The van der Waals surface area contributed by atoms with Gasteiger partial charge in [0.15, 0.2) is 11.6 Å². The van der Waals surface area contributed by atoms with E-state index in [4.69, 9.17) is 21.1 Å². The second kappa shape index (κ2) is 9.79. The summed E-state index contributed by atoms with van der Waals surface area (Å²) < 4.78 is 28.4. The molecule has 1 aromatic carbocycles. The highest BCUT2D eigenvalue weighted by Gasteiger charge is 2.32. The SMILES string of the molecule is COc1c(N2CCC(=C(Cl)CN3CCOCC3)CC2)c(F)cc2c(=O)c(C(=O)O)cn(C3CC3)c12. The standard InChI is InChI=1S/C25H29ClFN3O5/c1-34-24-21-17(23(31)18(25(32)33)13-30(21)16-2-3-16)12-20(27)22(24)29-6-4-15(5-7-29)19(26)14-28-8-10-35-11-9-28/h12-13,16H,2-11,14H2,1H3,(H,32,33). The van der Waals surface area contributed by atoms with Gasteiger partial charge in [0.05, 0.1) is 31.2 Å². The Morgan fingerprint density at radius 1 is 1.23 bits per heavy atom. The molecule has 0 bridgehead atoms. The number of morpholine rings is 1. The zero-order chi connectivity index (χ0) is 24.7.